The number of ether oxygens (including phenoxy) is 1. The summed E-state index contributed by atoms with van der Waals surface area (Å²) in [6, 6.07) is 9.46. The number of nitrogens with two attached hydrogens (primary N) is 1. The lowest BCUT2D eigenvalue weighted by atomic mass is 9.95. The van der Waals surface area contributed by atoms with E-state index in [0.29, 0.717) is 5.92 Å². The molecule has 1 fully saturated rings. The molecule has 1 heterocycles. The molecular formula is C15H22N2O2. The number of hydrogen-bond acceptors (Lipinski definition) is 3. The van der Waals surface area contributed by atoms with E-state index in [-0.39, 0.29) is 11.9 Å². The molecule has 1 aliphatic rings. The van der Waals surface area contributed by atoms with Crippen LogP contribution in [0.15, 0.2) is 30.3 Å². The van der Waals surface area contributed by atoms with E-state index in [9.17, 15) is 4.79 Å². The highest BCUT2D eigenvalue weighted by molar-refractivity contribution is 5.81. The van der Waals surface area contributed by atoms with Gasteiger partial charge in [0.1, 0.15) is 6.04 Å². The quantitative estimate of drug-likeness (QED) is 0.876. The molecule has 0 radical (unpaired) electrons. The van der Waals surface area contributed by atoms with Crippen LogP contribution in [0.2, 0.25) is 0 Å². The Kier molecular flexibility index (Phi) is 4.93. The van der Waals surface area contributed by atoms with Crippen molar-refractivity contribution < 1.29 is 9.53 Å². The molecular weight excluding hydrogens is 240 g/mol. The number of methoxy groups -OCH3 is 1. The standard InChI is InChI=1S/C15H22N2O2/c1-19-11-12-6-5-9-17(10-12)14(15(16)18)13-7-3-2-4-8-13/h2-4,7-8,12,14H,5-6,9-11H2,1H3,(H2,16,18)/t12-,14-/m0/s1. The molecule has 104 valence electrons. The summed E-state index contributed by atoms with van der Waals surface area (Å²) in [7, 11) is 1.72. The Hall–Kier alpha value is -1.39. The molecule has 0 saturated carbocycles. The number of carbonyl (C=O) groups excluding carboxylic acids is 1. The molecule has 1 aromatic carbocycles. The molecule has 0 aliphatic carbocycles. The van der Waals surface area contributed by atoms with Crippen LogP contribution in [0.3, 0.4) is 0 Å². The average Bonchev–Trinajstić information content (AvgIpc) is 2.40. The molecule has 2 rings (SSSR count). The Labute approximate surface area is 114 Å². The lowest BCUT2D eigenvalue weighted by Gasteiger charge is -2.36. The second-order valence-corrected chi connectivity index (χ2v) is 5.17. The largest absolute Gasteiger partial charge is 0.384 e. The number of hydrogen-bond donors (Lipinski definition) is 1. The highest BCUT2D eigenvalue weighted by atomic mass is 16.5. The molecule has 1 amide bonds. The Morgan fingerprint density at radius 3 is 2.84 bits per heavy atom. The molecule has 4 heteroatoms. The van der Waals surface area contributed by atoms with Crippen molar-refractivity contribution in [1.29, 1.82) is 0 Å². The van der Waals surface area contributed by atoms with Crippen molar-refractivity contribution in [2.75, 3.05) is 26.8 Å². The second-order valence-electron chi connectivity index (χ2n) is 5.17. The maximum atomic E-state index is 11.8. The van der Waals surface area contributed by atoms with Crippen LogP contribution in [0.1, 0.15) is 24.4 Å². The topological polar surface area (TPSA) is 55.6 Å². The molecule has 0 unspecified atom stereocenters. The van der Waals surface area contributed by atoms with Gasteiger partial charge in [0.2, 0.25) is 5.91 Å². The predicted octanol–water partition coefficient (Wildman–Crippen LogP) is 1.57. The molecule has 1 aliphatic heterocycles. The maximum absolute atomic E-state index is 11.8. The van der Waals surface area contributed by atoms with Crippen LogP contribution in [0.25, 0.3) is 0 Å². The number of primary amides is 1. The van der Waals surface area contributed by atoms with E-state index in [4.69, 9.17) is 10.5 Å². The summed E-state index contributed by atoms with van der Waals surface area (Å²) in [4.78, 5) is 14.0. The zero-order chi connectivity index (χ0) is 13.7. The normalized spacial score (nSPS) is 22.1. The summed E-state index contributed by atoms with van der Waals surface area (Å²) >= 11 is 0. The van der Waals surface area contributed by atoms with Crippen molar-refractivity contribution in [3.8, 4) is 0 Å². The van der Waals surface area contributed by atoms with Gasteiger partial charge in [0.25, 0.3) is 0 Å². The van der Waals surface area contributed by atoms with E-state index in [1.165, 1.54) is 0 Å². The number of amides is 1. The lowest BCUT2D eigenvalue weighted by molar-refractivity contribution is -0.124. The van der Waals surface area contributed by atoms with E-state index in [0.717, 1.165) is 38.1 Å². The Bertz CT molecular complexity index is 406. The highest BCUT2D eigenvalue weighted by Gasteiger charge is 2.30. The smallest absolute Gasteiger partial charge is 0.239 e. The lowest BCUT2D eigenvalue weighted by Crippen LogP contribution is -2.44. The van der Waals surface area contributed by atoms with Gasteiger partial charge in [-0.25, -0.2) is 0 Å². The Balaban J connectivity index is 2.13. The van der Waals surface area contributed by atoms with Gasteiger partial charge >= 0.3 is 0 Å². The minimum absolute atomic E-state index is 0.274. The van der Waals surface area contributed by atoms with Crippen LogP contribution in [0.5, 0.6) is 0 Å². The van der Waals surface area contributed by atoms with Crippen molar-refractivity contribution >= 4 is 5.91 Å². The molecule has 1 aromatic rings. The number of piperidine rings is 1. The van der Waals surface area contributed by atoms with E-state index in [1.54, 1.807) is 7.11 Å². The number of likely N-dealkylation sites (tertiary alicyclic amines) is 1. The van der Waals surface area contributed by atoms with Crippen molar-refractivity contribution in [3.05, 3.63) is 35.9 Å². The van der Waals surface area contributed by atoms with Crippen molar-refractivity contribution in [3.63, 3.8) is 0 Å². The zero-order valence-corrected chi connectivity index (χ0v) is 11.4. The maximum Gasteiger partial charge on any atom is 0.239 e. The fourth-order valence-electron chi connectivity index (χ4n) is 2.89. The van der Waals surface area contributed by atoms with E-state index in [1.807, 2.05) is 30.3 Å². The van der Waals surface area contributed by atoms with Crippen molar-refractivity contribution in [2.24, 2.45) is 11.7 Å². The van der Waals surface area contributed by atoms with Gasteiger partial charge in [0.05, 0.1) is 6.61 Å². The zero-order valence-electron chi connectivity index (χ0n) is 11.4. The first-order valence-corrected chi connectivity index (χ1v) is 6.79. The second kappa shape index (κ2) is 6.68. The van der Waals surface area contributed by atoms with Gasteiger partial charge in [0.15, 0.2) is 0 Å². The van der Waals surface area contributed by atoms with Gasteiger partial charge in [-0.15, -0.1) is 0 Å². The van der Waals surface area contributed by atoms with Gasteiger partial charge in [-0.05, 0) is 30.9 Å². The number of rotatable bonds is 5. The monoisotopic (exact) mass is 262 g/mol. The number of carbonyl (C=O) groups is 1. The van der Waals surface area contributed by atoms with E-state index < -0.39 is 0 Å². The molecule has 1 saturated heterocycles. The summed E-state index contributed by atoms with van der Waals surface area (Å²) in [6.07, 6.45) is 2.25. The summed E-state index contributed by atoms with van der Waals surface area (Å²) in [6.45, 7) is 2.54. The number of nitrogens with zero attached hydrogens (tertiary/aromatic N) is 1. The van der Waals surface area contributed by atoms with Crippen molar-refractivity contribution in [2.45, 2.75) is 18.9 Å². The molecule has 2 N–H and O–H groups in total. The number of benzene rings is 1. The molecule has 4 nitrogen and oxygen atoms in total. The van der Waals surface area contributed by atoms with Gasteiger partial charge in [-0.1, -0.05) is 30.3 Å². The van der Waals surface area contributed by atoms with Crippen LogP contribution in [-0.4, -0.2) is 37.6 Å². The molecule has 0 spiro atoms. The first-order valence-electron chi connectivity index (χ1n) is 6.79. The Morgan fingerprint density at radius 1 is 1.47 bits per heavy atom. The fraction of sp³-hybridized carbons (Fsp3) is 0.533. The van der Waals surface area contributed by atoms with Crippen LogP contribution < -0.4 is 5.73 Å². The third-order valence-corrected chi connectivity index (χ3v) is 3.70. The third kappa shape index (κ3) is 3.55. The van der Waals surface area contributed by atoms with Gasteiger partial charge in [-0.3, -0.25) is 9.69 Å². The SMILES string of the molecule is COC[C@H]1CCCN([C@H](C(N)=O)c2ccccc2)C1. The predicted molar refractivity (Wildman–Crippen MR) is 74.6 cm³/mol. The summed E-state index contributed by atoms with van der Waals surface area (Å²) in [5.41, 5.74) is 6.59. The van der Waals surface area contributed by atoms with Gasteiger partial charge in [0, 0.05) is 13.7 Å². The first kappa shape index (κ1) is 14.0. The minimum atomic E-state index is -0.319. The van der Waals surface area contributed by atoms with Crippen molar-refractivity contribution in [1.82, 2.24) is 4.90 Å². The fourth-order valence-corrected chi connectivity index (χ4v) is 2.89. The summed E-state index contributed by atoms with van der Waals surface area (Å²) < 4.78 is 5.23. The third-order valence-electron chi connectivity index (χ3n) is 3.70. The van der Waals surface area contributed by atoms with Crippen LogP contribution in [0.4, 0.5) is 0 Å². The van der Waals surface area contributed by atoms with E-state index in [2.05, 4.69) is 4.90 Å². The average molecular weight is 262 g/mol. The van der Waals surface area contributed by atoms with Crippen LogP contribution in [-0.2, 0) is 9.53 Å². The van der Waals surface area contributed by atoms with Gasteiger partial charge in [-0.2, -0.15) is 0 Å². The summed E-state index contributed by atoms with van der Waals surface area (Å²) in [5, 5.41) is 0. The van der Waals surface area contributed by atoms with Crippen LogP contribution in [0, 0.1) is 5.92 Å². The molecule has 0 bridgehead atoms. The first-order chi connectivity index (χ1) is 9.22. The van der Waals surface area contributed by atoms with Crippen LogP contribution >= 0.6 is 0 Å². The summed E-state index contributed by atoms with van der Waals surface area (Å²) in [5.74, 6) is 0.216. The van der Waals surface area contributed by atoms with Gasteiger partial charge < -0.3 is 10.5 Å². The molecule has 2 atom stereocenters. The Morgan fingerprint density at radius 2 is 2.21 bits per heavy atom. The minimum Gasteiger partial charge on any atom is -0.384 e. The van der Waals surface area contributed by atoms with E-state index >= 15 is 0 Å². The molecule has 0 aromatic heterocycles. The molecule has 19 heavy (non-hydrogen) atoms. The highest BCUT2D eigenvalue weighted by Crippen LogP contribution is 2.26.